The normalized spacial score (nSPS) is 10.5. The summed E-state index contributed by atoms with van der Waals surface area (Å²) in [6.07, 6.45) is 1.52. The number of furan rings is 1. The Labute approximate surface area is 156 Å². The minimum Gasteiger partial charge on any atom is -0.497 e. The summed E-state index contributed by atoms with van der Waals surface area (Å²) in [6.45, 7) is 0.283. The molecule has 0 unspecified atom stereocenters. The highest BCUT2D eigenvalue weighted by Gasteiger charge is 2.18. The van der Waals surface area contributed by atoms with Crippen molar-refractivity contribution in [3.05, 3.63) is 70.2 Å². The number of hydrogen-bond donors (Lipinski definition) is 1. The maximum Gasteiger partial charge on any atom is 0.261 e. The van der Waals surface area contributed by atoms with E-state index in [9.17, 15) is 9.59 Å². The monoisotopic (exact) mass is 368 g/mol. The molecular formula is C20H20N2O5. The lowest BCUT2D eigenvalue weighted by Crippen LogP contribution is -2.31. The maximum atomic E-state index is 12.7. The fourth-order valence-corrected chi connectivity index (χ4v) is 2.73. The Morgan fingerprint density at radius 1 is 1.15 bits per heavy atom. The maximum absolute atomic E-state index is 12.7. The fourth-order valence-electron chi connectivity index (χ4n) is 2.73. The van der Waals surface area contributed by atoms with E-state index < -0.39 is 5.56 Å². The van der Waals surface area contributed by atoms with Gasteiger partial charge in [0.25, 0.3) is 11.5 Å². The van der Waals surface area contributed by atoms with E-state index in [0.717, 1.165) is 5.56 Å². The first-order chi connectivity index (χ1) is 13.0. The van der Waals surface area contributed by atoms with Gasteiger partial charge in [-0.3, -0.25) is 9.59 Å². The summed E-state index contributed by atoms with van der Waals surface area (Å²) in [5.74, 6) is 1.41. The molecule has 2 aromatic heterocycles. The topological polar surface area (TPSA) is 84.8 Å². The molecule has 2 heterocycles. The lowest BCUT2D eigenvalue weighted by atomic mass is 10.1. The van der Waals surface area contributed by atoms with E-state index in [1.165, 1.54) is 17.2 Å². The Morgan fingerprint density at radius 3 is 2.59 bits per heavy atom. The van der Waals surface area contributed by atoms with Crippen LogP contribution in [0.3, 0.4) is 0 Å². The molecular weight excluding hydrogens is 348 g/mol. The molecule has 0 spiro atoms. The Morgan fingerprint density at radius 2 is 1.96 bits per heavy atom. The third-order valence-corrected chi connectivity index (χ3v) is 4.17. The number of hydrogen-bond acceptors (Lipinski definition) is 5. The molecule has 0 fully saturated rings. The van der Waals surface area contributed by atoms with Crippen molar-refractivity contribution in [2.45, 2.75) is 6.54 Å². The SMILES string of the molecule is COc1ccc(CN(C)C(=O)c2ccc(-c3ccco3)[nH]c2=O)c(OC)c1. The summed E-state index contributed by atoms with van der Waals surface area (Å²) in [5.41, 5.74) is 0.904. The molecule has 0 atom stereocenters. The zero-order valence-corrected chi connectivity index (χ0v) is 15.3. The average molecular weight is 368 g/mol. The van der Waals surface area contributed by atoms with Crippen molar-refractivity contribution >= 4 is 5.91 Å². The smallest absolute Gasteiger partial charge is 0.261 e. The molecule has 0 aliphatic rings. The molecule has 7 heteroatoms. The second-order valence-corrected chi connectivity index (χ2v) is 5.93. The number of benzene rings is 1. The molecule has 27 heavy (non-hydrogen) atoms. The zero-order chi connectivity index (χ0) is 19.4. The molecule has 7 nitrogen and oxygen atoms in total. The van der Waals surface area contributed by atoms with Gasteiger partial charge in [-0.05, 0) is 36.4 Å². The molecule has 0 radical (unpaired) electrons. The van der Waals surface area contributed by atoms with Crippen LogP contribution < -0.4 is 15.0 Å². The highest BCUT2D eigenvalue weighted by atomic mass is 16.5. The van der Waals surface area contributed by atoms with Gasteiger partial charge < -0.3 is 23.8 Å². The van der Waals surface area contributed by atoms with E-state index >= 15 is 0 Å². The van der Waals surface area contributed by atoms with Crippen LogP contribution in [0.5, 0.6) is 11.5 Å². The predicted octanol–water partition coefficient (Wildman–Crippen LogP) is 2.92. The van der Waals surface area contributed by atoms with Gasteiger partial charge in [-0.25, -0.2) is 0 Å². The molecule has 140 valence electrons. The minimum absolute atomic E-state index is 0.0558. The fraction of sp³-hybridized carbons (Fsp3) is 0.200. The Kier molecular flexibility index (Phi) is 5.30. The number of aromatic nitrogens is 1. The van der Waals surface area contributed by atoms with Gasteiger partial charge in [0.2, 0.25) is 0 Å². The van der Waals surface area contributed by atoms with Gasteiger partial charge in [0.05, 0.1) is 26.2 Å². The predicted molar refractivity (Wildman–Crippen MR) is 100 cm³/mol. The first kappa shape index (κ1) is 18.3. The lowest BCUT2D eigenvalue weighted by molar-refractivity contribution is 0.0782. The minimum atomic E-state index is -0.470. The summed E-state index contributed by atoms with van der Waals surface area (Å²) in [7, 11) is 4.76. The standard InChI is InChI=1S/C20H20N2O5/c1-22(12-13-6-7-14(25-2)11-18(13)26-3)20(24)15-8-9-16(21-19(15)23)17-5-4-10-27-17/h4-11H,12H2,1-3H3,(H,21,23). The van der Waals surface area contributed by atoms with Crippen molar-refractivity contribution in [2.75, 3.05) is 21.3 Å². The quantitative estimate of drug-likeness (QED) is 0.723. The van der Waals surface area contributed by atoms with Crippen LogP contribution in [-0.2, 0) is 6.54 Å². The van der Waals surface area contributed by atoms with Crippen molar-refractivity contribution in [2.24, 2.45) is 0 Å². The number of carbonyl (C=O) groups excluding carboxylic acids is 1. The van der Waals surface area contributed by atoms with Crippen LogP contribution in [0.25, 0.3) is 11.5 Å². The molecule has 3 aromatic rings. The van der Waals surface area contributed by atoms with E-state index in [0.29, 0.717) is 23.0 Å². The van der Waals surface area contributed by atoms with Gasteiger partial charge in [-0.2, -0.15) is 0 Å². The number of rotatable bonds is 6. The molecule has 0 saturated heterocycles. The molecule has 1 N–H and O–H groups in total. The van der Waals surface area contributed by atoms with Crippen molar-refractivity contribution in [3.63, 3.8) is 0 Å². The summed E-state index contributed by atoms with van der Waals surface area (Å²) in [6, 6.07) is 12.0. The van der Waals surface area contributed by atoms with Crippen LogP contribution in [0.15, 0.2) is 57.9 Å². The number of carbonyl (C=O) groups is 1. The van der Waals surface area contributed by atoms with E-state index in [1.54, 1.807) is 51.6 Å². The van der Waals surface area contributed by atoms with Gasteiger partial charge in [0.1, 0.15) is 22.8 Å². The summed E-state index contributed by atoms with van der Waals surface area (Å²) in [5, 5.41) is 0. The zero-order valence-electron chi connectivity index (χ0n) is 15.3. The molecule has 3 rings (SSSR count). The first-order valence-corrected chi connectivity index (χ1v) is 8.27. The van der Waals surface area contributed by atoms with E-state index in [1.807, 2.05) is 6.07 Å². The van der Waals surface area contributed by atoms with Crippen LogP contribution in [0.1, 0.15) is 15.9 Å². The van der Waals surface area contributed by atoms with Crippen LogP contribution >= 0.6 is 0 Å². The summed E-state index contributed by atoms with van der Waals surface area (Å²) >= 11 is 0. The largest absolute Gasteiger partial charge is 0.497 e. The second-order valence-electron chi connectivity index (χ2n) is 5.93. The lowest BCUT2D eigenvalue weighted by Gasteiger charge is -2.19. The molecule has 0 saturated carbocycles. The molecule has 0 aliphatic carbocycles. The van der Waals surface area contributed by atoms with Crippen LogP contribution in [0.4, 0.5) is 0 Å². The number of methoxy groups -OCH3 is 2. The highest BCUT2D eigenvalue weighted by molar-refractivity contribution is 5.93. The number of nitrogens with one attached hydrogen (secondary N) is 1. The average Bonchev–Trinajstić information content (AvgIpc) is 3.22. The summed E-state index contributed by atoms with van der Waals surface area (Å²) in [4.78, 5) is 29.2. The highest BCUT2D eigenvalue weighted by Crippen LogP contribution is 2.25. The number of nitrogens with zero attached hydrogens (tertiary/aromatic N) is 1. The van der Waals surface area contributed by atoms with Crippen molar-refractivity contribution < 1.29 is 18.7 Å². The molecule has 1 aromatic carbocycles. The van der Waals surface area contributed by atoms with Crippen LogP contribution in [-0.4, -0.2) is 37.1 Å². The molecule has 1 amide bonds. The Balaban J connectivity index is 1.81. The number of pyridine rings is 1. The van der Waals surface area contributed by atoms with Gasteiger partial charge >= 0.3 is 0 Å². The number of aromatic amines is 1. The van der Waals surface area contributed by atoms with Gasteiger partial charge in [0.15, 0.2) is 0 Å². The number of ether oxygens (including phenoxy) is 2. The van der Waals surface area contributed by atoms with E-state index in [2.05, 4.69) is 4.98 Å². The van der Waals surface area contributed by atoms with Crippen LogP contribution in [0.2, 0.25) is 0 Å². The number of H-pyrrole nitrogens is 1. The third kappa shape index (κ3) is 3.87. The van der Waals surface area contributed by atoms with Gasteiger partial charge in [-0.15, -0.1) is 0 Å². The van der Waals surface area contributed by atoms with Gasteiger partial charge in [-0.1, -0.05) is 0 Å². The van der Waals surface area contributed by atoms with Crippen LogP contribution in [0, 0.1) is 0 Å². The molecule has 0 aliphatic heterocycles. The van der Waals surface area contributed by atoms with Crippen molar-refractivity contribution in [1.29, 1.82) is 0 Å². The Bertz CT molecular complexity index is 992. The second kappa shape index (κ2) is 7.82. The van der Waals surface area contributed by atoms with Gasteiger partial charge in [0, 0.05) is 25.2 Å². The Hall–Kier alpha value is -3.48. The van der Waals surface area contributed by atoms with E-state index in [-0.39, 0.29) is 18.0 Å². The van der Waals surface area contributed by atoms with Crippen molar-refractivity contribution in [1.82, 2.24) is 9.88 Å². The molecule has 0 bridgehead atoms. The number of amides is 1. The van der Waals surface area contributed by atoms with E-state index in [4.69, 9.17) is 13.9 Å². The van der Waals surface area contributed by atoms with Crippen molar-refractivity contribution in [3.8, 4) is 23.0 Å². The first-order valence-electron chi connectivity index (χ1n) is 8.27. The summed E-state index contributed by atoms with van der Waals surface area (Å²) < 4.78 is 15.8. The third-order valence-electron chi connectivity index (χ3n) is 4.17.